The van der Waals surface area contributed by atoms with E-state index in [9.17, 15) is 26.4 Å². The molecule has 1 unspecified atom stereocenters. The zero-order valence-electron chi connectivity index (χ0n) is 15.6. The van der Waals surface area contributed by atoms with Gasteiger partial charge in [0, 0.05) is 25.9 Å². The Bertz CT molecular complexity index is 1000. The molecule has 2 heterocycles. The van der Waals surface area contributed by atoms with Crippen LogP contribution in [0.15, 0.2) is 23.1 Å². The van der Waals surface area contributed by atoms with Gasteiger partial charge in [-0.05, 0) is 31.0 Å². The third-order valence-electron chi connectivity index (χ3n) is 5.07. The molecule has 1 aromatic rings. The SMILES string of the molecule is COc1ccc(N2C(=O)CCCC2=O)cc1S(=O)(=O)N(C)C1CCS(=O)(=O)C1. The van der Waals surface area contributed by atoms with Crippen molar-refractivity contribution >= 4 is 37.4 Å². The van der Waals surface area contributed by atoms with Gasteiger partial charge in [0.2, 0.25) is 21.8 Å². The smallest absolute Gasteiger partial charge is 0.246 e. The molecule has 0 spiro atoms. The van der Waals surface area contributed by atoms with E-state index in [1.165, 1.54) is 32.4 Å². The van der Waals surface area contributed by atoms with Gasteiger partial charge in [-0.15, -0.1) is 0 Å². The fraction of sp³-hybridized carbons (Fsp3) is 0.529. The van der Waals surface area contributed by atoms with Gasteiger partial charge in [0.1, 0.15) is 10.6 Å². The van der Waals surface area contributed by atoms with Crippen LogP contribution in [0, 0.1) is 0 Å². The molecule has 0 aliphatic carbocycles. The van der Waals surface area contributed by atoms with E-state index in [1.807, 2.05) is 0 Å². The summed E-state index contributed by atoms with van der Waals surface area (Å²) in [6.07, 6.45) is 1.09. The predicted octanol–water partition coefficient (Wildman–Crippen LogP) is 0.546. The van der Waals surface area contributed by atoms with Crippen molar-refractivity contribution in [2.75, 3.05) is 30.6 Å². The first-order valence-corrected chi connectivity index (χ1v) is 12.1. The number of sulfonamides is 1. The van der Waals surface area contributed by atoms with Gasteiger partial charge < -0.3 is 4.74 Å². The van der Waals surface area contributed by atoms with Gasteiger partial charge in [0.25, 0.3) is 0 Å². The minimum atomic E-state index is -4.12. The Hall–Kier alpha value is -1.98. The Kier molecular flexibility index (Phi) is 5.52. The summed E-state index contributed by atoms with van der Waals surface area (Å²) in [7, 11) is -4.76. The number of methoxy groups -OCH3 is 1. The van der Waals surface area contributed by atoms with Crippen molar-refractivity contribution in [3.05, 3.63) is 18.2 Å². The lowest BCUT2D eigenvalue weighted by Crippen LogP contribution is -2.40. The van der Waals surface area contributed by atoms with Gasteiger partial charge in [0.05, 0.1) is 24.3 Å². The molecule has 1 atom stereocenters. The number of rotatable bonds is 5. The van der Waals surface area contributed by atoms with Gasteiger partial charge in [-0.25, -0.2) is 16.8 Å². The lowest BCUT2D eigenvalue weighted by atomic mass is 10.1. The molecule has 11 heteroatoms. The average molecular weight is 431 g/mol. The second-order valence-electron chi connectivity index (χ2n) is 6.89. The van der Waals surface area contributed by atoms with Crippen molar-refractivity contribution in [1.29, 1.82) is 0 Å². The zero-order valence-corrected chi connectivity index (χ0v) is 17.3. The highest BCUT2D eigenvalue weighted by atomic mass is 32.2. The highest BCUT2D eigenvalue weighted by molar-refractivity contribution is 7.92. The maximum atomic E-state index is 13.2. The van der Waals surface area contributed by atoms with Gasteiger partial charge >= 0.3 is 0 Å². The number of benzene rings is 1. The predicted molar refractivity (Wildman–Crippen MR) is 101 cm³/mol. The lowest BCUT2D eigenvalue weighted by molar-refractivity contribution is -0.129. The van der Waals surface area contributed by atoms with Crippen LogP contribution in [0.1, 0.15) is 25.7 Å². The number of hydrogen-bond donors (Lipinski definition) is 0. The number of imide groups is 1. The number of sulfone groups is 1. The fourth-order valence-corrected chi connectivity index (χ4v) is 6.89. The Labute approximate surface area is 164 Å². The molecule has 0 radical (unpaired) electrons. The first-order chi connectivity index (χ1) is 13.1. The molecule has 2 saturated heterocycles. The molecule has 2 aliphatic rings. The number of anilines is 1. The summed E-state index contributed by atoms with van der Waals surface area (Å²) >= 11 is 0. The van der Waals surface area contributed by atoms with E-state index in [-0.39, 0.29) is 58.9 Å². The molecule has 0 saturated carbocycles. The average Bonchev–Trinajstić information content (AvgIpc) is 3.00. The zero-order chi connectivity index (χ0) is 20.7. The topological polar surface area (TPSA) is 118 Å². The third-order valence-corrected chi connectivity index (χ3v) is 8.75. The van der Waals surface area contributed by atoms with E-state index in [0.29, 0.717) is 6.42 Å². The summed E-state index contributed by atoms with van der Waals surface area (Å²) < 4.78 is 56.0. The number of nitrogens with zero attached hydrogens (tertiary/aromatic N) is 2. The Morgan fingerprint density at radius 3 is 2.36 bits per heavy atom. The Balaban J connectivity index is 2.02. The van der Waals surface area contributed by atoms with E-state index in [1.54, 1.807) is 0 Å². The van der Waals surface area contributed by atoms with Crippen LogP contribution in [-0.4, -0.2) is 64.7 Å². The largest absolute Gasteiger partial charge is 0.495 e. The van der Waals surface area contributed by atoms with Crippen molar-refractivity contribution in [1.82, 2.24) is 4.31 Å². The Morgan fingerprint density at radius 2 is 1.82 bits per heavy atom. The number of hydrogen-bond acceptors (Lipinski definition) is 7. The second kappa shape index (κ2) is 7.45. The summed E-state index contributed by atoms with van der Waals surface area (Å²) in [4.78, 5) is 25.1. The number of carbonyl (C=O) groups excluding carboxylic acids is 2. The van der Waals surface area contributed by atoms with Crippen LogP contribution >= 0.6 is 0 Å². The third kappa shape index (κ3) is 3.78. The van der Waals surface area contributed by atoms with Crippen molar-refractivity contribution in [3.63, 3.8) is 0 Å². The highest BCUT2D eigenvalue weighted by Gasteiger charge is 2.38. The molecule has 2 amide bonds. The van der Waals surface area contributed by atoms with E-state index in [2.05, 4.69) is 0 Å². The molecule has 1 aromatic carbocycles. The Morgan fingerprint density at radius 1 is 1.18 bits per heavy atom. The number of piperidine rings is 1. The van der Waals surface area contributed by atoms with Crippen molar-refractivity contribution in [3.8, 4) is 5.75 Å². The van der Waals surface area contributed by atoms with E-state index in [0.717, 1.165) is 9.21 Å². The monoisotopic (exact) mass is 430 g/mol. The van der Waals surface area contributed by atoms with Gasteiger partial charge in [-0.3, -0.25) is 14.5 Å². The summed E-state index contributed by atoms with van der Waals surface area (Å²) in [5.74, 6) is -1.03. The molecule has 0 N–H and O–H groups in total. The van der Waals surface area contributed by atoms with Gasteiger partial charge in [0.15, 0.2) is 9.84 Å². The first-order valence-electron chi connectivity index (χ1n) is 8.79. The molecule has 28 heavy (non-hydrogen) atoms. The quantitative estimate of drug-likeness (QED) is 0.626. The summed E-state index contributed by atoms with van der Waals surface area (Å²) in [6.45, 7) is 0. The standard InChI is InChI=1S/C17H22N2O7S2/c1-18(13-8-9-27(22,23)11-13)28(24,25)15-10-12(6-7-14(15)26-2)19-16(20)4-3-5-17(19)21/h6-7,10,13H,3-5,8-9,11H2,1-2H3. The van der Waals surface area contributed by atoms with Crippen molar-refractivity contribution in [2.45, 2.75) is 36.6 Å². The van der Waals surface area contributed by atoms with Crippen LogP contribution < -0.4 is 9.64 Å². The minimum Gasteiger partial charge on any atom is -0.495 e. The van der Waals surface area contributed by atoms with Crippen LogP contribution in [0.4, 0.5) is 5.69 Å². The number of ether oxygens (including phenoxy) is 1. The van der Waals surface area contributed by atoms with Crippen LogP contribution in [0.3, 0.4) is 0 Å². The number of amides is 2. The molecule has 2 aliphatic heterocycles. The first kappa shape index (κ1) is 20.7. The molecule has 3 rings (SSSR count). The summed E-state index contributed by atoms with van der Waals surface area (Å²) in [5.41, 5.74) is 0.154. The molecule has 9 nitrogen and oxygen atoms in total. The van der Waals surface area contributed by atoms with Crippen LogP contribution in [-0.2, 0) is 29.4 Å². The van der Waals surface area contributed by atoms with Crippen LogP contribution in [0.25, 0.3) is 0 Å². The van der Waals surface area contributed by atoms with E-state index in [4.69, 9.17) is 4.74 Å². The second-order valence-corrected chi connectivity index (χ2v) is 11.1. The normalized spacial score (nSPS) is 22.7. The van der Waals surface area contributed by atoms with Gasteiger partial charge in [-0.2, -0.15) is 4.31 Å². The van der Waals surface area contributed by atoms with E-state index >= 15 is 0 Å². The van der Waals surface area contributed by atoms with Gasteiger partial charge in [-0.1, -0.05) is 0 Å². The minimum absolute atomic E-state index is 0.0494. The van der Waals surface area contributed by atoms with E-state index < -0.39 is 25.9 Å². The molecular formula is C17H22N2O7S2. The van der Waals surface area contributed by atoms with Crippen molar-refractivity contribution < 1.29 is 31.2 Å². The molecule has 0 bridgehead atoms. The summed E-state index contributed by atoms with van der Waals surface area (Å²) in [5, 5.41) is 0. The molecule has 0 aromatic heterocycles. The lowest BCUT2D eigenvalue weighted by Gasteiger charge is -2.27. The molecule has 2 fully saturated rings. The number of carbonyl (C=O) groups is 2. The van der Waals surface area contributed by atoms with Crippen LogP contribution in [0.5, 0.6) is 5.75 Å². The maximum absolute atomic E-state index is 13.2. The summed E-state index contributed by atoms with van der Waals surface area (Å²) in [6, 6.07) is 3.40. The molecule has 154 valence electrons. The van der Waals surface area contributed by atoms with Crippen molar-refractivity contribution in [2.24, 2.45) is 0 Å². The molecular weight excluding hydrogens is 408 g/mol. The highest BCUT2D eigenvalue weighted by Crippen LogP contribution is 2.34. The maximum Gasteiger partial charge on any atom is 0.246 e. The van der Waals surface area contributed by atoms with Crippen LogP contribution in [0.2, 0.25) is 0 Å². The fourth-order valence-electron chi connectivity index (χ4n) is 3.46.